The lowest BCUT2D eigenvalue weighted by molar-refractivity contribution is 0.409. The van der Waals surface area contributed by atoms with Crippen LogP contribution in [0.3, 0.4) is 0 Å². The van der Waals surface area contributed by atoms with Crippen molar-refractivity contribution in [2.75, 3.05) is 12.4 Å². The largest absolute Gasteiger partial charge is 0.496 e. The molecule has 5 heteroatoms. The van der Waals surface area contributed by atoms with Crippen LogP contribution < -0.4 is 15.4 Å². The number of nitrogens with one attached hydrogen (secondary N) is 2. The SMILES string of the molecule is COc1ccccc1CNC(=S)Nc1ccc(C)cn1. The molecular weight excluding hydrogens is 270 g/mol. The summed E-state index contributed by atoms with van der Waals surface area (Å²) in [4.78, 5) is 4.24. The van der Waals surface area contributed by atoms with E-state index in [2.05, 4.69) is 15.6 Å². The molecule has 0 amide bonds. The van der Waals surface area contributed by atoms with Gasteiger partial charge in [0.2, 0.25) is 0 Å². The van der Waals surface area contributed by atoms with Crippen molar-refractivity contribution in [3.05, 3.63) is 53.7 Å². The fraction of sp³-hybridized carbons (Fsp3) is 0.200. The van der Waals surface area contributed by atoms with Crippen molar-refractivity contribution in [3.8, 4) is 5.75 Å². The monoisotopic (exact) mass is 287 g/mol. The molecular formula is C15H17N3OS. The van der Waals surface area contributed by atoms with Gasteiger partial charge >= 0.3 is 0 Å². The van der Waals surface area contributed by atoms with Crippen LogP contribution in [0.2, 0.25) is 0 Å². The Kier molecular flexibility index (Phi) is 4.90. The van der Waals surface area contributed by atoms with Crippen molar-refractivity contribution in [2.45, 2.75) is 13.5 Å². The maximum Gasteiger partial charge on any atom is 0.172 e. The lowest BCUT2D eigenvalue weighted by Crippen LogP contribution is -2.28. The zero-order valence-corrected chi connectivity index (χ0v) is 12.3. The number of anilines is 1. The van der Waals surface area contributed by atoms with Gasteiger partial charge in [-0.05, 0) is 36.8 Å². The highest BCUT2D eigenvalue weighted by atomic mass is 32.1. The summed E-state index contributed by atoms with van der Waals surface area (Å²) >= 11 is 5.24. The second-order valence-corrected chi connectivity index (χ2v) is 4.75. The summed E-state index contributed by atoms with van der Waals surface area (Å²) in [7, 11) is 1.66. The molecule has 4 nitrogen and oxygen atoms in total. The molecule has 104 valence electrons. The van der Waals surface area contributed by atoms with Gasteiger partial charge in [0.1, 0.15) is 11.6 Å². The average molecular weight is 287 g/mol. The van der Waals surface area contributed by atoms with E-state index in [0.29, 0.717) is 11.7 Å². The Morgan fingerprint density at radius 2 is 2.05 bits per heavy atom. The van der Waals surface area contributed by atoms with E-state index >= 15 is 0 Å². The Labute approximate surface area is 124 Å². The summed E-state index contributed by atoms with van der Waals surface area (Å²) < 4.78 is 5.29. The fourth-order valence-corrected chi connectivity index (χ4v) is 1.90. The van der Waals surface area contributed by atoms with Crippen LogP contribution in [0.15, 0.2) is 42.6 Å². The minimum atomic E-state index is 0.534. The van der Waals surface area contributed by atoms with Gasteiger partial charge in [0, 0.05) is 18.3 Å². The number of benzene rings is 1. The Morgan fingerprint density at radius 3 is 2.75 bits per heavy atom. The molecule has 0 aliphatic rings. The summed E-state index contributed by atoms with van der Waals surface area (Å²) in [5.41, 5.74) is 2.17. The second-order valence-electron chi connectivity index (χ2n) is 4.34. The van der Waals surface area contributed by atoms with Crippen molar-refractivity contribution >= 4 is 23.1 Å². The van der Waals surface area contributed by atoms with Crippen LogP contribution in [0.25, 0.3) is 0 Å². The van der Waals surface area contributed by atoms with E-state index in [9.17, 15) is 0 Å². The minimum absolute atomic E-state index is 0.534. The maximum absolute atomic E-state index is 5.29. The topological polar surface area (TPSA) is 46.2 Å². The van der Waals surface area contributed by atoms with Gasteiger partial charge in [0.25, 0.3) is 0 Å². The van der Waals surface area contributed by atoms with Gasteiger partial charge < -0.3 is 15.4 Å². The number of hydrogen-bond acceptors (Lipinski definition) is 3. The number of ether oxygens (including phenoxy) is 1. The van der Waals surface area contributed by atoms with Crippen LogP contribution in [-0.2, 0) is 6.54 Å². The molecule has 0 bridgehead atoms. The molecule has 2 aromatic rings. The molecule has 0 saturated heterocycles. The van der Waals surface area contributed by atoms with Crippen molar-refractivity contribution in [1.82, 2.24) is 10.3 Å². The number of rotatable bonds is 4. The molecule has 0 radical (unpaired) electrons. The quantitative estimate of drug-likeness (QED) is 0.847. The summed E-state index contributed by atoms with van der Waals surface area (Å²) in [6.45, 7) is 2.59. The molecule has 0 fully saturated rings. The summed E-state index contributed by atoms with van der Waals surface area (Å²) in [5, 5.41) is 6.72. The van der Waals surface area contributed by atoms with Gasteiger partial charge in [-0.15, -0.1) is 0 Å². The minimum Gasteiger partial charge on any atom is -0.496 e. The van der Waals surface area contributed by atoms with Gasteiger partial charge in [-0.1, -0.05) is 24.3 Å². The Balaban J connectivity index is 1.90. The number of methoxy groups -OCH3 is 1. The third kappa shape index (κ3) is 3.93. The van der Waals surface area contributed by atoms with E-state index in [1.54, 1.807) is 13.3 Å². The molecule has 0 aliphatic carbocycles. The molecule has 2 rings (SSSR count). The van der Waals surface area contributed by atoms with Gasteiger partial charge in [0.05, 0.1) is 7.11 Å². The number of pyridine rings is 1. The number of para-hydroxylation sites is 1. The van der Waals surface area contributed by atoms with Gasteiger partial charge in [-0.25, -0.2) is 4.98 Å². The first-order valence-electron chi connectivity index (χ1n) is 6.28. The number of thiocarbonyl (C=S) groups is 1. The molecule has 0 unspecified atom stereocenters. The molecule has 1 aromatic heterocycles. The first-order chi connectivity index (χ1) is 9.69. The lowest BCUT2D eigenvalue weighted by atomic mass is 10.2. The summed E-state index contributed by atoms with van der Waals surface area (Å²) in [6.07, 6.45) is 1.80. The second kappa shape index (κ2) is 6.86. The van der Waals surface area contributed by atoms with Crippen LogP contribution >= 0.6 is 12.2 Å². The molecule has 0 spiro atoms. The van der Waals surface area contributed by atoms with E-state index in [1.165, 1.54) is 0 Å². The van der Waals surface area contributed by atoms with Crippen molar-refractivity contribution < 1.29 is 4.74 Å². The summed E-state index contributed by atoms with van der Waals surface area (Å²) in [5.74, 6) is 1.57. The standard InChI is InChI=1S/C15H17N3OS/c1-11-7-8-14(16-9-11)18-15(20)17-10-12-5-3-4-6-13(12)19-2/h3-9H,10H2,1-2H3,(H2,16,17,18,20). The van der Waals surface area contributed by atoms with Crippen LogP contribution in [-0.4, -0.2) is 17.2 Å². The first-order valence-corrected chi connectivity index (χ1v) is 6.69. The number of hydrogen-bond donors (Lipinski definition) is 2. The predicted molar refractivity (Wildman–Crippen MR) is 85.0 cm³/mol. The third-order valence-electron chi connectivity index (χ3n) is 2.78. The number of aryl methyl sites for hydroxylation is 1. The smallest absolute Gasteiger partial charge is 0.172 e. The van der Waals surface area contributed by atoms with Crippen molar-refractivity contribution in [1.29, 1.82) is 0 Å². The Bertz CT molecular complexity index is 584. The molecule has 0 atom stereocenters. The Morgan fingerprint density at radius 1 is 1.25 bits per heavy atom. The van der Waals surface area contributed by atoms with E-state index in [0.717, 1.165) is 22.7 Å². The molecule has 2 N–H and O–H groups in total. The molecule has 20 heavy (non-hydrogen) atoms. The molecule has 1 aromatic carbocycles. The first kappa shape index (κ1) is 14.3. The van der Waals surface area contributed by atoms with Gasteiger partial charge in [0.15, 0.2) is 5.11 Å². The fourth-order valence-electron chi connectivity index (χ4n) is 1.73. The van der Waals surface area contributed by atoms with E-state index < -0.39 is 0 Å². The maximum atomic E-state index is 5.29. The zero-order chi connectivity index (χ0) is 14.4. The number of nitrogens with zero attached hydrogens (tertiary/aromatic N) is 1. The molecule has 0 saturated carbocycles. The average Bonchev–Trinajstić information content (AvgIpc) is 2.48. The highest BCUT2D eigenvalue weighted by Gasteiger charge is 2.03. The van der Waals surface area contributed by atoms with Crippen molar-refractivity contribution in [3.63, 3.8) is 0 Å². The number of aromatic nitrogens is 1. The van der Waals surface area contributed by atoms with Crippen LogP contribution in [0.5, 0.6) is 5.75 Å². The summed E-state index contributed by atoms with van der Waals surface area (Å²) in [6, 6.07) is 11.7. The third-order valence-corrected chi connectivity index (χ3v) is 3.03. The van der Waals surface area contributed by atoms with E-state index in [1.807, 2.05) is 43.3 Å². The Hall–Kier alpha value is -2.14. The highest BCUT2D eigenvalue weighted by Crippen LogP contribution is 2.16. The van der Waals surface area contributed by atoms with Crippen LogP contribution in [0, 0.1) is 6.92 Å². The van der Waals surface area contributed by atoms with Gasteiger partial charge in [-0.2, -0.15) is 0 Å². The van der Waals surface area contributed by atoms with Crippen LogP contribution in [0.1, 0.15) is 11.1 Å². The zero-order valence-electron chi connectivity index (χ0n) is 11.5. The molecule has 1 heterocycles. The molecule has 0 aliphatic heterocycles. The normalized spacial score (nSPS) is 9.90. The highest BCUT2D eigenvalue weighted by molar-refractivity contribution is 7.80. The van der Waals surface area contributed by atoms with Gasteiger partial charge in [-0.3, -0.25) is 0 Å². The lowest BCUT2D eigenvalue weighted by Gasteiger charge is -2.12. The van der Waals surface area contributed by atoms with Crippen LogP contribution in [0.4, 0.5) is 5.82 Å². The predicted octanol–water partition coefficient (Wildman–Crippen LogP) is 2.89. The van der Waals surface area contributed by atoms with E-state index in [-0.39, 0.29) is 0 Å². The van der Waals surface area contributed by atoms with E-state index in [4.69, 9.17) is 17.0 Å². The van der Waals surface area contributed by atoms with Crippen molar-refractivity contribution in [2.24, 2.45) is 0 Å².